The van der Waals surface area contributed by atoms with Gasteiger partial charge in [-0.1, -0.05) is 0 Å². The van der Waals surface area contributed by atoms with E-state index in [1.165, 1.54) is 0 Å². The van der Waals surface area contributed by atoms with Crippen molar-refractivity contribution in [2.75, 3.05) is 49.1 Å². The van der Waals surface area contributed by atoms with Crippen LogP contribution >= 0.6 is 0 Å². The van der Waals surface area contributed by atoms with Crippen LogP contribution in [0.4, 0.5) is 5.95 Å². The van der Waals surface area contributed by atoms with E-state index in [1.54, 1.807) is 18.5 Å². The molecule has 2 fully saturated rings. The molecule has 0 aromatic carbocycles. The van der Waals surface area contributed by atoms with Crippen molar-refractivity contribution in [1.82, 2.24) is 14.9 Å². The van der Waals surface area contributed by atoms with Gasteiger partial charge in [0.2, 0.25) is 5.95 Å². The average molecular weight is 311 g/mol. The number of anilines is 1. The lowest BCUT2D eigenvalue weighted by Gasteiger charge is -2.44. The van der Waals surface area contributed by atoms with Gasteiger partial charge >= 0.3 is 0 Å². The molecule has 1 atom stereocenters. The van der Waals surface area contributed by atoms with Crippen molar-refractivity contribution in [3.8, 4) is 0 Å². The van der Waals surface area contributed by atoms with Gasteiger partial charge in [0.25, 0.3) is 0 Å². The van der Waals surface area contributed by atoms with Crippen molar-refractivity contribution in [2.45, 2.75) is 12.0 Å². The lowest BCUT2D eigenvalue weighted by Crippen LogP contribution is -2.61. The van der Waals surface area contributed by atoms with E-state index in [1.807, 2.05) is 0 Å². The van der Waals surface area contributed by atoms with E-state index in [0.717, 1.165) is 32.1 Å². The van der Waals surface area contributed by atoms with E-state index in [4.69, 9.17) is 5.73 Å². The zero-order valence-electron chi connectivity index (χ0n) is 12.0. The molecule has 1 unspecified atom stereocenters. The Balaban J connectivity index is 1.68. The van der Waals surface area contributed by atoms with Gasteiger partial charge in [0.15, 0.2) is 9.84 Å². The van der Waals surface area contributed by atoms with Crippen LogP contribution in [-0.4, -0.2) is 73.1 Å². The van der Waals surface area contributed by atoms with Crippen molar-refractivity contribution in [3.05, 3.63) is 18.5 Å². The first-order valence-electron chi connectivity index (χ1n) is 7.22. The summed E-state index contributed by atoms with van der Waals surface area (Å²) in [6, 6.07) is 1.80. The second-order valence-electron chi connectivity index (χ2n) is 5.79. The molecule has 0 aliphatic carbocycles. The fourth-order valence-electron chi connectivity index (χ4n) is 3.27. The molecule has 3 rings (SSSR count). The first-order chi connectivity index (χ1) is 10.0. The van der Waals surface area contributed by atoms with Gasteiger partial charge < -0.3 is 10.6 Å². The van der Waals surface area contributed by atoms with E-state index in [-0.39, 0.29) is 17.0 Å². The third-order valence-electron chi connectivity index (χ3n) is 4.53. The van der Waals surface area contributed by atoms with E-state index in [0.29, 0.717) is 13.0 Å². The highest BCUT2D eigenvalue weighted by Crippen LogP contribution is 2.30. The zero-order valence-corrected chi connectivity index (χ0v) is 12.8. The summed E-state index contributed by atoms with van der Waals surface area (Å²) in [7, 11) is -2.94. The van der Waals surface area contributed by atoms with Gasteiger partial charge in [-0.3, -0.25) is 4.90 Å². The summed E-state index contributed by atoms with van der Waals surface area (Å²) in [6.45, 7) is 3.58. The molecule has 0 radical (unpaired) electrons. The number of nitrogens with two attached hydrogens (primary N) is 1. The molecule has 0 amide bonds. The number of rotatable bonds is 3. The lowest BCUT2D eigenvalue weighted by atomic mass is 9.95. The smallest absolute Gasteiger partial charge is 0.225 e. The summed E-state index contributed by atoms with van der Waals surface area (Å²) in [5, 5.41) is 0. The fraction of sp³-hybridized carbons (Fsp3) is 0.692. The van der Waals surface area contributed by atoms with Crippen molar-refractivity contribution < 1.29 is 8.42 Å². The van der Waals surface area contributed by atoms with Crippen LogP contribution in [0.2, 0.25) is 0 Å². The van der Waals surface area contributed by atoms with Gasteiger partial charge in [-0.25, -0.2) is 18.4 Å². The summed E-state index contributed by atoms with van der Waals surface area (Å²) >= 11 is 0. The predicted molar refractivity (Wildman–Crippen MR) is 80.9 cm³/mol. The first-order valence-corrected chi connectivity index (χ1v) is 9.04. The molecule has 2 N–H and O–H groups in total. The number of hydrogen-bond acceptors (Lipinski definition) is 7. The molecule has 2 saturated heterocycles. The lowest BCUT2D eigenvalue weighted by molar-refractivity contribution is 0.108. The molecule has 21 heavy (non-hydrogen) atoms. The molecule has 0 spiro atoms. The Bertz CT molecular complexity index is 586. The maximum absolute atomic E-state index is 11.8. The number of piperazine rings is 1. The van der Waals surface area contributed by atoms with Gasteiger partial charge in [-0.05, 0) is 12.5 Å². The fourth-order valence-corrected chi connectivity index (χ4v) is 5.37. The van der Waals surface area contributed by atoms with Crippen LogP contribution in [0.1, 0.15) is 6.42 Å². The van der Waals surface area contributed by atoms with Crippen molar-refractivity contribution >= 4 is 15.8 Å². The standard InChI is InChI=1S/C13H21N5O2S/c14-10-13(2-9-21(19,20)11-13)18-7-5-17(6-8-18)12-15-3-1-4-16-12/h1,3-4H,2,5-11,14H2. The second kappa shape index (κ2) is 5.51. The Labute approximate surface area is 125 Å². The van der Waals surface area contributed by atoms with Crippen LogP contribution in [0.15, 0.2) is 18.5 Å². The topological polar surface area (TPSA) is 92.4 Å². The van der Waals surface area contributed by atoms with Crippen molar-refractivity contribution in [1.29, 1.82) is 0 Å². The minimum atomic E-state index is -2.94. The van der Waals surface area contributed by atoms with Gasteiger partial charge in [0.1, 0.15) is 0 Å². The first kappa shape index (κ1) is 14.7. The van der Waals surface area contributed by atoms with E-state index in [2.05, 4.69) is 19.8 Å². The van der Waals surface area contributed by atoms with E-state index in [9.17, 15) is 8.42 Å². The Morgan fingerprint density at radius 2 is 1.86 bits per heavy atom. The summed E-state index contributed by atoms with van der Waals surface area (Å²) in [6.07, 6.45) is 4.12. The third kappa shape index (κ3) is 2.88. The maximum Gasteiger partial charge on any atom is 0.225 e. The number of hydrogen-bond donors (Lipinski definition) is 1. The minimum Gasteiger partial charge on any atom is -0.338 e. The van der Waals surface area contributed by atoms with Crippen LogP contribution in [-0.2, 0) is 9.84 Å². The van der Waals surface area contributed by atoms with Gasteiger partial charge in [-0.2, -0.15) is 0 Å². The molecule has 1 aromatic rings. The molecule has 0 saturated carbocycles. The molecule has 2 aliphatic rings. The quantitative estimate of drug-likeness (QED) is 0.774. The van der Waals surface area contributed by atoms with Gasteiger partial charge in [0, 0.05) is 50.7 Å². The van der Waals surface area contributed by atoms with Gasteiger partial charge in [0.05, 0.1) is 11.5 Å². The van der Waals surface area contributed by atoms with Gasteiger partial charge in [-0.15, -0.1) is 0 Å². The second-order valence-corrected chi connectivity index (χ2v) is 7.98. The van der Waals surface area contributed by atoms with Crippen molar-refractivity contribution in [2.24, 2.45) is 5.73 Å². The number of nitrogens with zero attached hydrogens (tertiary/aromatic N) is 4. The SMILES string of the molecule is NCC1(N2CCN(c3ncccn3)CC2)CCS(=O)(=O)C1. The Hall–Kier alpha value is -1.25. The largest absolute Gasteiger partial charge is 0.338 e. The average Bonchev–Trinajstić information content (AvgIpc) is 2.85. The van der Waals surface area contributed by atoms with Crippen LogP contribution in [0.3, 0.4) is 0 Å². The summed E-state index contributed by atoms with van der Waals surface area (Å²) in [5.41, 5.74) is 5.55. The Morgan fingerprint density at radius 3 is 2.38 bits per heavy atom. The van der Waals surface area contributed by atoms with Crippen LogP contribution < -0.4 is 10.6 Å². The Kier molecular flexibility index (Phi) is 3.85. The minimum absolute atomic E-state index is 0.193. The molecule has 116 valence electrons. The highest BCUT2D eigenvalue weighted by molar-refractivity contribution is 7.91. The molecular formula is C13H21N5O2S. The highest BCUT2D eigenvalue weighted by atomic mass is 32.2. The molecule has 2 aliphatic heterocycles. The normalized spacial score (nSPS) is 29.7. The molecular weight excluding hydrogens is 290 g/mol. The predicted octanol–water partition coefficient (Wildman–Crippen LogP) is -0.885. The van der Waals surface area contributed by atoms with Crippen LogP contribution in [0.5, 0.6) is 0 Å². The molecule has 7 nitrogen and oxygen atoms in total. The molecule has 0 bridgehead atoms. The number of sulfone groups is 1. The highest BCUT2D eigenvalue weighted by Gasteiger charge is 2.46. The van der Waals surface area contributed by atoms with Crippen LogP contribution in [0, 0.1) is 0 Å². The van der Waals surface area contributed by atoms with Crippen molar-refractivity contribution in [3.63, 3.8) is 0 Å². The maximum atomic E-state index is 11.8. The summed E-state index contributed by atoms with van der Waals surface area (Å²) in [4.78, 5) is 12.9. The number of aromatic nitrogens is 2. The summed E-state index contributed by atoms with van der Waals surface area (Å²) < 4.78 is 23.6. The van der Waals surface area contributed by atoms with Crippen LogP contribution in [0.25, 0.3) is 0 Å². The molecule has 3 heterocycles. The van der Waals surface area contributed by atoms with E-state index < -0.39 is 9.84 Å². The van der Waals surface area contributed by atoms with E-state index >= 15 is 0 Å². The summed E-state index contributed by atoms with van der Waals surface area (Å²) in [5.74, 6) is 1.18. The Morgan fingerprint density at radius 1 is 1.19 bits per heavy atom. The zero-order chi connectivity index (χ0) is 14.9. The monoisotopic (exact) mass is 311 g/mol. The molecule has 1 aromatic heterocycles. The molecule has 8 heteroatoms. The third-order valence-corrected chi connectivity index (χ3v) is 6.34.